The molecule has 2 unspecified atom stereocenters. The first kappa shape index (κ1) is 13.8. The van der Waals surface area contributed by atoms with Gasteiger partial charge in [0.25, 0.3) is 0 Å². The van der Waals surface area contributed by atoms with Gasteiger partial charge in [-0.2, -0.15) is 0 Å². The second kappa shape index (κ2) is 5.17. The van der Waals surface area contributed by atoms with Gasteiger partial charge in [-0.15, -0.1) is 0 Å². The van der Waals surface area contributed by atoms with E-state index in [1.54, 1.807) is 19.1 Å². The largest absolute Gasteiger partial charge is 0.480 e. The Morgan fingerprint density at radius 1 is 1.26 bits per heavy atom. The summed E-state index contributed by atoms with van der Waals surface area (Å²) in [7, 11) is 0. The molecule has 1 saturated heterocycles. The summed E-state index contributed by atoms with van der Waals surface area (Å²) in [6.45, 7) is 3.09. The molecule has 0 radical (unpaired) electrons. The van der Waals surface area contributed by atoms with Crippen molar-refractivity contribution in [2.45, 2.75) is 31.7 Å². The van der Waals surface area contributed by atoms with Crippen molar-refractivity contribution in [2.24, 2.45) is 5.92 Å². The molecule has 2 N–H and O–H groups in total. The topological polar surface area (TPSA) is 77.8 Å². The van der Waals surface area contributed by atoms with Gasteiger partial charge in [-0.25, -0.2) is 9.59 Å². The summed E-state index contributed by atoms with van der Waals surface area (Å²) in [5.41, 5.74) is -1.06. The molecule has 0 bridgehead atoms. The van der Waals surface area contributed by atoms with Crippen LogP contribution in [-0.2, 0) is 9.59 Å². The van der Waals surface area contributed by atoms with Crippen molar-refractivity contribution in [1.82, 2.24) is 4.90 Å². The monoisotopic (exact) mass is 265 g/mol. The third-order valence-electron chi connectivity index (χ3n) is 4.22. The van der Waals surface area contributed by atoms with E-state index >= 15 is 0 Å². The van der Waals surface area contributed by atoms with E-state index in [1.165, 1.54) is 6.08 Å². The van der Waals surface area contributed by atoms with Crippen LogP contribution in [0.3, 0.4) is 0 Å². The van der Waals surface area contributed by atoms with Gasteiger partial charge in [-0.3, -0.25) is 4.90 Å². The van der Waals surface area contributed by atoms with Gasteiger partial charge in [0.15, 0.2) is 0 Å². The third-order valence-corrected chi connectivity index (χ3v) is 4.22. The van der Waals surface area contributed by atoms with Gasteiger partial charge in [0.05, 0.1) is 0 Å². The lowest BCUT2D eigenvalue weighted by Gasteiger charge is -2.45. The summed E-state index contributed by atoms with van der Waals surface area (Å²) in [5, 5.41) is 18.9. The zero-order valence-corrected chi connectivity index (χ0v) is 11.0. The minimum Gasteiger partial charge on any atom is -0.480 e. The number of rotatable bonds is 3. The zero-order valence-electron chi connectivity index (χ0n) is 11.0. The molecule has 19 heavy (non-hydrogen) atoms. The number of piperidine rings is 1. The van der Waals surface area contributed by atoms with Crippen molar-refractivity contribution in [3.8, 4) is 0 Å². The molecule has 0 amide bonds. The van der Waals surface area contributed by atoms with Gasteiger partial charge in [0.1, 0.15) is 5.54 Å². The minimum atomic E-state index is -1.22. The molecule has 5 heteroatoms. The Bertz CT molecular complexity index is 448. The van der Waals surface area contributed by atoms with Crippen LogP contribution in [0.1, 0.15) is 26.2 Å². The predicted molar refractivity (Wildman–Crippen MR) is 69.8 cm³/mol. The number of aliphatic carboxylic acids is 2. The Morgan fingerprint density at radius 3 is 2.42 bits per heavy atom. The highest BCUT2D eigenvalue weighted by Gasteiger charge is 2.50. The first-order valence-corrected chi connectivity index (χ1v) is 6.61. The van der Waals surface area contributed by atoms with Crippen LogP contribution in [0, 0.1) is 5.92 Å². The number of hydrogen-bond acceptors (Lipinski definition) is 3. The van der Waals surface area contributed by atoms with Gasteiger partial charge < -0.3 is 10.2 Å². The highest BCUT2D eigenvalue weighted by Crippen LogP contribution is 2.37. The maximum absolute atomic E-state index is 11.8. The van der Waals surface area contributed by atoms with Gasteiger partial charge in [0, 0.05) is 11.5 Å². The highest BCUT2D eigenvalue weighted by atomic mass is 16.4. The van der Waals surface area contributed by atoms with Gasteiger partial charge >= 0.3 is 11.9 Å². The van der Waals surface area contributed by atoms with Crippen molar-refractivity contribution < 1.29 is 19.8 Å². The average molecular weight is 265 g/mol. The summed E-state index contributed by atoms with van der Waals surface area (Å²) in [5.74, 6) is -2.57. The van der Waals surface area contributed by atoms with Gasteiger partial charge in [-0.1, -0.05) is 31.6 Å². The van der Waals surface area contributed by atoms with Crippen LogP contribution in [0.4, 0.5) is 0 Å². The number of carboxylic acid groups (broad SMARTS) is 2. The summed E-state index contributed by atoms with van der Waals surface area (Å²) < 4.78 is 0. The first-order valence-electron chi connectivity index (χ1n) is 6.61. The normalized spacial score (nSPS) is 31.8. The van der Waals surface area contributed by atoms with Crippen LogP contribution in [-0.4, -0.2) is 45.7 Å². The molecule has 0 aromatic rings. The molecule has 2 rings (SSSR count). The third kappa shape index (κ3) is 2.18. The fraction of sp³-hybridized carbons (Fsp3) is 0.571. The second-order valence-electron chi connectivity index (χ2n) is 5.19. The van der Waals surface area contributed by atoms with Crippen molar-refractivity contribution in [3.05, 3.63) is 23.8 Å². The Labute approximate surface area is 112 Å². The molecule has 2 aliphatic rings. The number of nitrogens with zero attached hydrogens (tertiary/aromatic N) is 1. The van der Waals surface area contributed by atoms with E-state index in [4.69, 9.17) is 0 Å². The molecule has 2 atom stereocenters. The van der Waals surface area contributed by atoms with Crippen LogP contribution in [0.15, 0.2) is 23.8 Å². The van der Waals surface area contributed by atoms with Crippen molar-refractivity contribution in [1.29, 1.82) is 0 Å². The molecular formula is C14H19NO4. The van der Waals surface area contributed by atoms with E-state index in [-0.39, 0.29) is 5.57 Å². The van der Waals surface area contributed by atoms with Crippen LogP contribution in [0.2, 0.25) is 0 Å². The molecular weight excluding hydrogens is 246 g/mol. The smallest absolute Gasteiger partial charge is 0.331 e. The van der Waals surface area contributed by atoms with Crippen LogP contribution in [0.5, 0.6) is 0 Å². The predicted octanol–water partition coefficient (Wildman–Crippen LogP) is 1.51. The Balaban J connectivity index is 2.40. The fourth-order valence-corrected chi connectivity index (χ4v) is 3.12. The molecule has 5 nitrogen and oxygen atoms in total. The molecule has 0 aromatic heterocycles. The molecule has 104 valence electrons. The highest BCUT2D eigenvalue weighted by molar-refractivity contribution is 5.92. The summed E-state index contributed by atoms with van der Waals surface area (Å²) in [4.78, 5) is 25.0. The van der Waals surface area contributed by atoms with E-state index in [9.17, 15) is 19.8 Å². The van der Waals surface area contributed by atoms with Crippen molar-refractivity contribution in [3.63, 3.8) is 0 Å². The van der Waals surface area contributed by atoms with Crippen LogP contribution in [0.25, 0.3) is 0 Å². The minimum absolute atomic E-state index is 0.162. The quantitative estimate of drug-likeness (QED) is 0.808. The average Bonchev–Trinajstić information content (AvgIpc) is 2.39. The van der Waals surface area contributed by atoms with E-state index in [0.29, 0.717) is 13.1 Å². The zero-order chi connectivity index (χ0) is 14.0. The molecule has 1 heterocycles. The second-order valence-corrected chi connectivity index (χ2v) is 5.19. The molecule has 0 aromatic carbocycles. The SMILES string of the molecule is CC1C(C(=O)O)=CC=CC1(C(=O)O)N1CCCCC1. The Hall–Kier alpha value is -1.62. The number of carbonyl (C=O) groups is 2. The Kier molecular flexibility index (Phi) is 3.75. The number of likely N-dealkylation sites (tertiary alicyclic amines) is 1. The lowest BCUT2D eigenvalue weighted by Crippen LogP contribution is -2.60. The fourth-order valence-electron chi connectivity index (χ4n) is 3.12. The van der Waals surface area contributed by atoms with Crippen LogP contribution < -0.4 is 0 Å². The molecule has 1 aliphatic carbocycles. The maximum Gasteiger partial charge on any atom is 0.331 e. The standard InChI is InChI=1S/C14H19NO4/c1-10-11(12(16)17)6-5-7-14(10,13(18)19)15-8-3-2-4-9-15/h5-7,10H,2-4,8-9H2,1H3,(H,16,17)(H,18,19). The lowest BCUT2D eigenvalue weighted by molar-refractivity contribution is -0.152. The van der Waals surface area contributed by atoms with Gasteiger partial charge in [0.2, 0.25) is 0 Å². The molecule has 0 spiro atoms. The number of hydrogen-bond donors (Lipinski definition) is 2. The van der Waals surface area contributed by atoms with E-state index < -0.39 is 23.4 Å². The summed E-state index contributed by atoms with van der Waals surface area (Å²) in [6.07, 6.45) is 7.72. The van der Waals surface area contributed by atoms with E-state index in [0.717, 1.165) is 19.3 Å². The van der Waals surface area contributed by atoms with Gasteiger partial charge in [-0.05, 0) is 25.9 Å². The van der Waals surface area contributed by atoms with E-state index in [1.807, 2.05) is 4.90 Å². The first-order chi connectivity index (χ1) is 9.00. The van der Waals surface area contributed by atoms with E-state index in [2.05, 4.69) is 0 Å². The molecule has 1 fully saturated rings. The lowest BCUT2D eigenvalue weighted by atomic mass is 9.74. The number of allylic oxidation sites excluding steroid dienone is 2. The summed E-state index contributed by atoms with van der Waals surface area (Å²) in [6, 6.07) is 0. The van der Waals surface area contributed by atoms with Crippen molar-refractivity contribution >= 4 is 11.9 Å². The molecule has 0 saturated carbocycles. The Morgan fingerprint density at radius 2 is 1.89 bits per heavy atom. The maximum atomic E-state index is 11.8. The number of carboxylic acids is 2. The molecule has 1 aliphatic heterocycles. The van der Waals surface area contributed by atoms with Crippen molar-refractivity contribution in [2.75, 3.05) is 13.1 Å². The summed E-state index contributed by atoms with van der Waals surface area (Å²) >= 11 is 0. The van der Waals surface area contributed by atoms with Crippen LogP contribution >= 0.6 is 0 Å².